The molecule has 1 saturated heterocycles. The highest BCUT2D eigenvalue weighted by Crippen LogP contribution is 2.19. The van der Waals surface area contributed by atoms with E-state index in [1.54, 1.807) is 0 Å². The van der Waals surface area contributed by atoms with Gasteiger partial charge in [-0.3, -0.25) is 4.79 Å². The zero-order chi connectivity index (χ0) is 14.5. The Labute approximate surface area is 129 Å². The van der Waals surface area contributed by atoms with E-state index < -0.39 is 0 Å². The summed E-state index contributed by atoms with van der Waals surface area (Å²) in [7, 11) is 0. The number of carbonyl (C=O) groups is 1. The maximum Gasteiger partial charge on any atom is 0.252 e. The summed E-state index contributed by atoms with van der Waals surface area (Å²) in [5.41, 5.74) is 1.84. The van der Waals surface area contributed by atoms with Crippen molar-refractivity contribution in [3.8, 4) is 0 Å². The smallest absolute Gasteiger partial charge is 0.252 e. The van der Waals surface area contributed by atoms with Crippen molar-refractivity contribution < 1.29 is 4.79 Å². The van der Waals surface area contributed by atoms with Crippen LogP contribution in [0.4, 0.5) is 0 Å². The molecule has 1 amide bonds. The Bertz CT molecular complexity index is 468. The van der Waals surface area contributed by atoms with Gasteiger partial charge in [-0.25, -0.2) is 0 Å². The second-order valence-electron chi connectivity index (χ2n) is 5.57. The van der Waals surface area contributed by atoms with E-state index in [-0.39, 0.29) is 5.91 Å². The number of likely N-dealkylation sites (tertiary alicyclic amines) is 1. The second kappa shape index (κ2) is 7.23. The van der Waals surface area contributed by atoms with Gasteiger partial charge >= 0.3 is 0 Å². The number of halogens is 1. The Hall–Kier alpha value is -0.870. The predicted octanol–water partition coefficient (Wildman–Crippen LogP) is 3.36. The van der Waals surface area contributed by atoms with Crippen LogP contribution in [0.1, 0.15) is 42.1 Å². The average molecular weight is 339 g/mol. The molecular weight excluding hydrogens is 316 g/mol. The van der Waals surface area contributed by atoms with Crippen molar-refractivity contribution in [2.45, 2.75) is 39.2 Å². The molecule has 0 radical (unpaired) electrons. The van der Waals surface area contributed by atoms with Gasteiger partial charge in [0.1, 0.15) is 0 Å². The summed E-state index contributed by atoms with van der Waals surface area (Å²) in [4.78, 5) is 14.8. The van der Waals surface area contributed by atoms with Crippen molar-refractivity contribution in [3.63, 3.8) is 0 Å². The van der Waals surface area contributed by atoms with Crippen LogP contribution in [0.25, 0.3) is 0 Å². The molecule has 4 heteroatoms. The highest BCUT2D eigenvalue weighted by molar-refractivity contribution is 9.10. The van der Waals surface area contributed by atoms with Crippen LogP contribution in [0.5, 0.6) is 0 Å². The van der Waals surface area contributed by atoms with Gasteiger partial charge in [0.25, 0.3) is 5.91 Å². The van der Waals surface area contributed by atoms with E-state index in [1.165, 1.54) is 13.0 Å². The summed E-state index contributed by atoms with van der Waals surface area (Å²) in [6.45, 7) is 7.57. The van der Waals surface area contributed by atoms with Gasteiger partial charge in [0, 0.05) is 23.6 Å². The minimum atomic E-state index is 0.0366. The quantitative estimate of drug-likeness (QED) is 0.912. The first-order chi connectivity index (χ1) is 9.60. The first kappa shape index (κ1) is 15.5. The molecule has 1 aliphatic heterocycles. The van der Waals surface area contributed by atoms with Gasteiger partial charge in [0.05, 0.1) is 5.56 Å². The number of rotatable bonds is 4. The molecule has 1 aromatic carbocycles. The van der Waals surface area contributed by atoms with Crippen LogP contribution in [0.3, 0.4) is 0 Å². The molecule has 1 heterocycles. The lowest BCUT2D eigenvalue weighted by Gasteiger charge is -2.32. The van der Waals surface area contributed by atoms with E-state index in [9.17, 15) is 4.79 Å². The Morgan fingerprint density at radius 2 is 2.10 bits per heavy atom. The summed E-state index contributed by atoms with van der Waals surface area (Å²) < 4.78 is 0.865. The fraction of sp³-hybridized carbons (Fsp3) is 0.562. The SMILES string of the molecule is CCCN1CCC(NC(=O)c2cc(C)ccc2Br)CC1. The van der Waals surface area contributed by atoms with Crippen molar-refractivity contribution in [1.82, 2.24) is 10.2 Å². The zero-order valence-electron chi connectivity index (χ0n) is 12.3. The molecule has 3 nitrogen and oxygen atoms in total. The zero-order valence-corrected chi connectivity index (χ0v) is 13.9. The lowest BCUT2D eigenvalue weighted by molar-refractivity contribution is 0.0910. The minimum absolute atomic E-state index is 0.0366. The van der Waals surface area contributed by atoms with Crippen LogP contribution in [0.15, 0.2) is 22.7 Å². The topological polar surface area (TPSA) is 32.3 Å². The highest BCUT2D eigenvalue weighted by Gasteiger charge is 2.21. The van der Waals surface area contributed by atoms with E-state index in [0.29, 0.717) is 6.04 Å². The van der Waals surface area contributed by atoms with Crippen LogP contribution >= 0.6 is 15.9 Å². The van der Waals surface area contributed by atoms with Crippen LogP contribution in [0, 0.1) is 6.92 Å². The monoisotopic (exact) mass is 338 g/mol. The second-order valence-corrected chi connectivity index (χ2v) is 6.43. The molecule has 20 heavy (non-hydrogen) atoms. The van der Waals surface area contributed by atoms with Gasteiger partial charge in [-0.15, -0.1) is 0 Å². The van der Waals surface area contributed by atoms with Crippen LogP contribution < -0.4 is 5.32 Å². The number of hydrogen-bond acceptors (Lipinski definition) is 2. The maximum absolute atomic E-state index is 12.3. The first-order valence-corrected chi connectivity index (χ1v) is 8.19. The Balaban J connectivity index is 1.91. The summed E-state index contributed by atoms with van der Waals surface area (Å²) in [6.07, 6.45) is 3.30. The fourth-order valence-electron chi connectivity index (χ4n) is 2.69. The number of aryl methyl sites for hydroxylation is 1. The van der Waals surface area contributed by atoms with Crippen molar-refractivity contribution in [2.75, 3.05) is 19.6 Å². The van der Waals surface area contributed by atoms with E-state index in [4.69, 9.17) is 0 Å². The number of nitrogens with one attached hydrogen (secondary N) is 1. The van der Waals surface area contributed by atoms with Crippen molar-refractivity contribution in [3.05, 3.63) is 33.8 Å². The molecule has 1 aliphatic rings. The predicted molar refractivity (Wildman–Crippen MR) is 86.1 cm³/mol. The molecule has 0 bridgehead atoms. The van der Waals surface area contributed by atoms with E-state index in [0.717, 1.165) is 41.5 Å². The molecular formula is C16H23BrN2O. The summed E-state index contributed by atoms with van der Waals surface area (Å²) >= 11 is 3.46. The highest BCUT2D eigenvalue weighted by atomic mass is 79.9. The summed E-state index contributed by atoms with van der Waals surface area (Å²) in [5, 5.41) is 3.17. The molecule has 1 aromatic rings. The van der Waals surface area contributed by atoms with Crippen LogP contribution in [0.2, 0.25) is 0 Å². The van der Waals surface area contributed by atoms with E-state index in [1.807, 2.05) is 25.1 Å². The van der Waals surface area contributed by atoms with Crippen molar-refractivity contribution >= 4 is 21.8 Å². The van der Waals surface area contributed by atoms with Gasteiger partial charge in [-0.1, -0.05) is 18.6 Å². The third-order valence-corrected chi connectivity index (χ3v) is 4.52. The van der Waals surface area contributed by atoms with Crippen LogP contribution in [-0.2, 0) is 0 Å². The largest absolute Gasteiger partial charge is 0.349 e. The average Bonchev–Trinajstić information content (AvgIpc) is 2.44. The molecule has 0 atom stereocenters. The van der Waals surface area contributed by atoms with Gasteiger partial charge in [-0.2, -0.15) is 0 Å². The fourth-order valence-corrected chi connectivity index (χ4v) is 3.12. The van der Waals surface area contributed by atoms with Gasteiger partial charge < -0.3 is 10.2 Å². The lowest BCUT2D eigenvalue weighted by atomic mass is 10.0. The number of piperidine rings is 1. The molecule has 1 fully saturated rings. The third-order valence-electron chi connectivity index (χ3n) is 3.83. The Morgan fingerprint density at radius 1 is 1.40 bits per heavy atom. The minimum Gasteiger partial charge on any atom is -0.349 e. The van der Waals surface area contributed by atoms with Crippen molar-refractivity contribution in [2.24, 2.45) is 0 Å². The van der Waals surface area contributed by atoms with Gasteiger partial charge in [0.2, 0.25) is 0 Å². The lowest BCUT2D eigenvalue weighted by Crippen LogP contribution is -2.44. The Morgan fingerprint density at radius 3 is 2.75 bits per heavy atom. The number of carbonyl (C=O) groups excluding carboxylic acids is 1. The molecule has 0 aliphatic carbocycles. The Kier molecular flexibility index (Phi) is 5.61. The first-order valence-electron chi connectivity index (χ1n) is 7.39. The van der Waals surface area contributed by atoms with Gasteiger partial charge in [0.15, 0.2) is 0 Å². The number of hydrogen-bond donors (Lipinski definition) is 1. The standard InChI is InChI=1S/C16H23BrN2O/c1-3-8-19-9-6-13(7-10-19)18-16(20)14-11-12(2)4-5-15(14)17/h4-5,11,13H,3,6-10H2,1-2H3,(H,18,20). The molecule has 0 aromatic heterocycles. The molecule has 0 saturated carbocycles. The molecule has 2 rings (SSSR count). The summed E-state index contributed by atoms with van der Waals surface area (Å²) in [6, 6.07) is 6.19. The maximum atomic E-state index is 12.3. The number of benzene rings is 1. The van der Waals surface area contributed by atoms with Crippen molar-refractivity contribution in [1.29, 1.82) is 0 Å². The van der Waals surface area contributed by atoms with Crippen LogP contribution in [-0.4, -0.2) is 36.5 Å². The molecule has 110 valence electrons. The number of amides is 1. The van der Waals surface area contributed by atoms with Gasteiger partial charge in [-0.05, 0) is 60.8 Å². The number of nitrogens with zero attached hydrogens (tertiary/aromatic N) is 1. The van der Waals surface area contributed by atoms with E-state index >= 15 is 0 Å². The molecule has 0 unspecified atom stereocenters. The normalized spacial score (nSPS) is 17.1. The third kappa shape index (κ3) is 4.06. The van der Waals surface area contributed by atoms with E-state index in [2.05, 4.69) is 33.1 Å². The molecule has 0 spiro atoms. The summed E-state index contributed by atoms with van der Waals surface area (Å²) in [5.74, 6) is 0.0366. The molecule has 1 N–H and O–H groups in total.